The highest BCUT2D eigenvalue weighted by atomic mass is 35.5. The van der Waals surface area contributed by atoms with Crippen LogP contribution >= 0.6 is 11.6 Å². The fraction of sp³-hybridized carbons (Fsp3) is 0.273. The monoisotopic (exact) mass is 509 g/mol. The molecular weight excluding hydrogens is 487 g/mol. The third-order valence-electron chi connectivity index (χ3n) is 7.23. The van der Waals surface area contributed by atoms with Crippen molar-refractivity contribution in [3.63, 3.8) is 0 Å². The molecule has 7 nitrogen and oxygen atoms in total. The van der Waals surface area contributed by atoms with Crippen LogP contribution in [0.1, 0.15) is 51.8 Å². The number of alkyl halides is 2. The lowest BCUT2D eigenvalue weighted by Crippen LogP contribution is -2.53. The van der Waals surface area contributed by atoms with E-state index in [2.05, 4.69) is 5.32 Å². The molecule has 0 bridgehead atoms. The first-order chi connectivity index (χ1) is 16.9. The number of halogens is 3. The lowest BCUT2D eigenvalue weighted by Gasteiger charge is -2.34. The van der Waals surface area contributed by atoms with E-state index in [0.717, 1.165) is 16.9 Å². The van der Waals surface area contributed by atoms with Crippen LogP contribution in [0.4, 0.5) is 8.78 Å². The number of nitrogens with zero attached hydrogens (tertiary/aromatic N) is 2. The van der Waals surface area contributed by atoms with Gasteiger partial charge in [0.15, 0.2) is 0 Å². The number of hydrogen-bond donors (Lipinski definition) is 1. The molecule has 36 heavy (non-hydrogen) atoms. The van der Waals surface area contributed by atoms with Crippen molar-refractivity contribution in [3.8, 4) is 0 Å². The molecular formula is C22H22B4ClF2N3O4. The number of rotatable bonds is 5. The van der Waals surface area contributed by atoms with Gasteiger partial charge in [0, 0.05) is 34.5 Å². The molecule has 3 unspecified atom stereocenters. The Kier molecular flexibility index (Phi) is 6.81. The van der Waals surface area contributed by atoms with Gasteiger partial charge in [-0.1, -0.05) is 35.3 Å². The number of imide groups is 1. The third-order valence-corrected chi connectivity index (χ3v) is 7.48. The summed E-state index contributed by atoms with van der Waals surface area (Å²) in [6.07, 6.45) is 0.368. The normalized spacial score (nSPS) is 20.6. The van der Waals surface area contributed by atoms with Gasteiger partial charge >= 0.3 is 5.92 Å². The molecule has 0 spiro atoms. The van der Waals surface area contributed by atoms with Crippen LogP contribution in [-0.4, -0.2) is 70.9 Å². The second-order valence-electron chi connectivity index (χ2n) is 9.27. The number of piperidine rings is 1. The molecule has 0 saturated carbocycles. The van der Waals surface area contributed by atoms with Crippen molar-refractivity contribution in [2.75, 3.05) is 0 Å². The van der Waals surface area contributed by atoms with Gasteiger partial charge in [0.05, 0.1) is 0 Å². The van der Waals surface area contributed by atoms with Gasteiger partial charge in [-0.15, -0.1) is 0 Å². The van der Waals surface area contributed by atoms with Crippen LogP contribution in [0.2, 0.25) is 5.02 Å². The second kappa shape index (κ2) is 9.42. The molecule has 2 aliphatic rings. The molecule has 2 aromatic rings. The highest BCUT2D eigenvalue weighted by molar-refractivity contribution is 6.38. The van der Waals surface area contributed by atoms with E-state index < -0.39 is 41.2 Å². The molecule has 0 radical (unpaired) electrons. The van der Waals surface area contributed by atoms with E-state index in [0.29, 0.717) is 22.2 Å². The Morgan fingerprint density at radius 1 is 1.17 bits per heavy atom. The van der Waals surface area contributed by atoms with Crippen molar-refractivity contribution in [3.05, 3.63) is 63.7 Å². The molecule has 4 amide bonds. The minimum atomic E-state index is -3.76. The highest BCUT2D eigenvalue weighted by Crippen LogP contribution is 2.36. The summed E-state index contributed by atoms with van der Waals surface area (Å²) < 4.78 is 30.0. The zero-order chi connectivity index (χ0) is 26.5. The molecule has 1 N–H and O–H groups in total. The topological polar surface area (TPSA) is 86.8 Å². The molecule has 2 aliphatic heterocycles. The molecule has 14 heteroatoms. The van der Waals surface area contributed by atoms with Crippen molar-refractivity contribution >= 4 is 72.2 Å². The molecule has 182 valence electrons. The number of carbonyl (C=O) groups excluding carboxylic acids is 4. The van der Waals surface area contributed by atoms with Gasteiger partial charge < -0.3 is 9.71 Å². The number of amides is 4. The lowest BCUT2D eigenvalue weighted by molar-refractivity contribution is -0.154. The summed E-state index contributed by atoms with van der Waals surface area (Å²) in [7, 11) is 6.52. The minimum absolute atomic E-state index is 0.138. The smallest absolute Gasteiger partial charge is 0.348 e. The first-order valence-electron chi connectivity index (χ1n) is 11.6. The maximum absolute atomic E-state index is 15.0. The molecule has 4 rings (SSSR count). The van der Waals surface area contributed by atoms with E-state index in [1.54, 1.807) is 35.7 Å². The van der Waals surface area contributed by atoms with Crippen molar-refractivity contribution in [2.24, 2.45) is 0 Å². The standard InChI is InChI=1S/C22H22B4ClF2N3O4/c23-16-12(17(24)32(26)21(36)22(28,29)9-1-3-10(27)4-2-9)6-5-11-15(16)18(25)31(20(11)35)13-7-8-14(33)30-19(13)34/h1-6,13,17-18H,7-8,23-26H2,(H,30,33,34). The van der Waals surface area contributed by atoms with E-state index in [1.807, 2.05) is 0 Å². The summed E-state index contributed by atoms with van der Waals surface area (Å²) in [5.74, 6) is -7.54. The van der Waals surface area contributed by atoms with Crippen molar-refractivity contribution < 1.29 is 28.0 Å². The largest absolute Gasteiger partial charge is 0.389 e. The third kappa shape index (κ3) is 4.23. The first-order valence-corrected chi connectivity index (χ1v) is 11.9. The predicted octanol–water partition coefficient (Wildman–Crippen LogP) is -1.71. The molecule has 2 heterocycles. The van der Waals surface area contributed by atoms with Gasteiger partial charge in [-0.3, -0.25) is 24.5 Å². The molecule has 0 aromatic heterocycles. The van der Waals surface area contributed by atoms with Gasteiger partial charge in [-0.05, 0) is 35.7 Å². The first kappa shape index (κ1) is 26.0. The Balaban J connectivity index is 1.62. The fourth-order valence-electron chi connectivity index (χ4n) is 5.12. The van der Waals surface area contributed by atoms with Crippen LogP contribution in [-0.2, 0) is 20.3 Å². The second-order valence-corrected chi connectivity index (χ2v) is 9.71. The minimum Gasteiger partial charge on any atom is -0.389 e. The van der Waals surface area contributed by atoms with E-state index in [1.165, 1.54) is 25.0 Å². The number of benzene rings is 2. The highest BCUT2D eigenvalue weighted by Gasteiger charge is 2.46. The molecule has 2 aromatic carbocycles. The van der Waals surface area contributed by atoms with E-state index in [-0.39, 0.29) is 29.7 Å². The van der Waals surface area contributed by atoms with Crippen LogP contribution in [0, 0.1) is 0 Å². The Bertz CT molecular complexity index is 1280. The Hall–Kier alpha value is -3.07. The number of hydrogen-bond acceptors (Lipinski definition) is 4. The van der Waals surface area contributed by atoms with Crippen LogP contribution in [0.15, 0.2) is 36.4 Å². The summed E-state index contributed by atoms with van der Waals surface area (Å²) in [5, 5.41) is 2.57. The van der Waals surface area contributed by atoms with Gasteiger partial charge in [0.2, 0.25) is 19.8 Å². The van der Waals surface area contributed by atoms with Crippen molar-refractivity contribution in [2.45, 2.75) is 36.7 Å². The summed E-state index contributed by atoms with van der Waals surface area (Å²) in [4.78, 5) is 52.5. The maximum atomic E-state index is 15.0. The van der Waals surface area contributed by atoms with Gasteiger partial charge in [0.25, 0.3) is 11.8 Å². The molecule has 1 saturated heterocycles. The van der Waals surface area contributed by atoms with E-state index in [4.69, 9.17) is 11.6 Å². The summed E-state index contributed by atoms with van der Waals surface area (Å²) in [6.45, 7) is 0. The fourth-order valence-corrected chi connectivity index (χ4v) is 5.25. The van der Waals surface area contributed by atoms with E-state index in [9.17, 15) is 19.2 Å². The molecule has 1 fully saturated rings. The zero-order valence-corrected chi connectivity index (χ0v) is 21.0. The molecule has 0 aliphatic carbocycles. The van der Waals surface area contributed by atoms with Gasteiger partial charge in [-0.2, -0.15) is 8.78 Å². The number of fused-ring (bicyclic) bond motifs is 1. The average Bonchev–Trinajstić information content (AvgIpc) is 3.08. The summed E-state index contributed by atoms with van der Waals surface area (Å²) in [5.41, 5.74) is 1.94. The van der Waals surface area contributed by atoms with E-state index >= 15 is 8.78 Å². The predicted molar refractivity (Wildman–Crippen MR) is 140 cm³/mol. The van der Waals surface area contributed by atoms with Gasteiger partial charge in [0.1, 0.15) is 29.6 Å². The average molecular weight is 509 g/mol. The van der Waals surface area contributed by atoms with Crippen molar-refractivity contribution in [1.29, 1.82) is 0 Å². The van der Waals surface area contributed by atoms with Crippen LogP contribution in [0.5, 0.6) is 0 Å². The molecule has 3 atom stereocenters. The Morgan fingerprint density at radius 3 is 2.42 bits per heavy atom. The number of nitrogens with one attached hydrogen (secondary N) is 1. The maximum Gasteiger partial charge on any atom is 0.348 e. The number of carbonyl (C=O) groups is 4. The summed E-state index contributed by atoms with van der Waals surface area (Å²) >= 11 is 5.79. The Labute approximate surface area is 215 Å². The van der Waals surface area contributed by atoms with Crippen molar-refractivity contribution in [1.82, 2.24) is 15.0 Å². The van der Waals surface area contributed by atoms with Crippen LogP contribution in [0.25, 0.3) is 0 Å². The van der Waals surface area contributed by atoms with Crippen LogP contribution < -0.4 is 10.8 Å². The summed E-state index contributed by atoms with van der Waals surface area (Å²) in [6, 6.07) is 7.33. The van der Waals surface area contributed by atoms with Gasteiger partial charge in [-0.25, -0.2) is 0 Å². The van der Waals surface area contributed by atoms with Crippen LogP contribution in [0.3, 0.4) is 0 Å². The zero-order valence-electron chi connectivity index (χ0n) is 20.3. The SMILES string of the molecule is Bc1c(C(B)N(B)C(=O)C(F)(F)c2ccc(Cl)cc2)ccc2c1C(B)N(C1CCC(=O)NC1=O)C2=O. The lowest BCUT2D eigenvalue weighted by atomic mass is 9.71. The quantitative estimate of drug-likeness (QED) is 0.385. The Morgan fingerprint density at radius 2 is 1.81 bits per heavy atom.